The molecule has 26 heavy (non-hydrogen) atoms. The van der Waals surface area contributed by atoms with Crippen molar-refractivity contribution >= 4 is 24.2 Å². The minimum Gasteiger partial charge on any atom is -0.406 e. The Labute approximate surface area is 155 Å². The van der Waals surface area contributed by atoms with Gasteiger partial charge in [0.2, 0.25) is 5.91 Å². The van der Waals surface area contributed by atoms with Crippen molar-refractivity contribution in [3.05, 3.63) is 29.8 Å². The molecule has 0 saturated carbocycles. The largest absolute Gasteiger partial charge is 0.573 e. The molecule has 6 nitrogen and oxygen atoms in total. The van der Waals surface area contributed by atoms with Gasteiger partial charge < -0.3 is 20.7 Å². The van der Waals surface area contributed by atoms with Crippen LogP contribution in [0.1, 0.15) is 23.2 Å². The Morgan fingerprint density at radius 3 is 2.50 bits per heavy atom. The van der Waals surface area contributed by atoms with Crippen LogP contribution in [-0.2, 0) is 4.79 Å². The molecular formula is C16H21ClF3N3O3. The summed E-state index contributed by atoms with van der Waals surface area (Å²) in [7, 11) is 0. The lowest BCUT2D eigenvalue weighted by atomic mass is 9.96. The summed E-state index contributed by atoms with van der Waals surface area (Å²) < 4.78 is 40.2. The van der Waals surface area contributed by atoms with Gasteiger partial charge in [-0.05, 0) is 37.1 Å². The zero-order valence-corrected chi connectivity index (χ0v) is 14.7. The molecule has 0 radical (unpaired) electrons. The van der Waals surface area contributed by atoms with E-state index in [1.54, 1.807) is 0 Å². The van der Waals surface area contributed by atoms with E-state index in [1.807, 2.05) is 0 Å². The van der Waals surface area contributed by atoms with Crippen molar-refractivity contribution in [1.82, 2.24) is 10.2 Å². The van der Waals surface area contributed by atoms with E-state index in [0.29, 0.717) is 32.5 Å². The van der Waals surface area contributed by atoms with Crippen LogP contribution in [0, 0.1) is 5.92 Å². The van der Waals surface area contributed by atoms with E-state index in [9.17, 15) is 22.8 Å². The maximum Gasteiger partial charge on any atom is 0.573 e. The highest BCUT2D eigenvalue weighted by molar-refractivity contribution is 5.94. The fourth-order valence-electron chi connectivity index (χ4n) is 2.70. The number of likely N-dealkylation sites (tertiary alicyclic amines) is 1. The third kappa shape index (κ3) is 6.38. The molecule has 0 aromatic heterocycles. The predicted molar refractivity (Wildman–Crippen MR) is 91.1 cm³/mol. The number of benzene rings is 1. The molecule has 0 spiro atoms. The number of halogens is 4. The third-order valence-electron chi connectivity index (χ3n) is 3.86. The predicted octanol–water partition coefficient (Wildman–Crippen LogP) is 1.93. The average Bonchev–Trinajstić information content (AvgIpc) is 2.58. The Kier molecular flexibility index (Phi) is 8.16. The molecule has 1 aliphatic rings. The Morgan fingerprint density at radius 1 is 1.27 bits per heavy atom. The van der Waals surface area contributed by atoms with Gasteiger partial charge in [-0.3, -0.25) is 9.59 Å². The molecule has 1 aliphatic heterocycles. The SMILES string of the molecule is Cl.NCCNC(=O)C1CCCN(C(=O)c2ccc(OC(F)(F)F)cc2)C1. The van der Waals surface area contributed by atoms with Gasteiger partial charge in [0.15, 0.2) is 0 Å². The molecule has 1 atom stereocenters. The van der Waals surface area contributed by atoms with Gasteiger partial charge in [-0.1, -0.05) is 0 Å². The highest BCUT2D eigenvalue weighted by Crippen LogP contribution is 2.24. The van der Waals surface area contributed by atoms with Gasteiger partial charge in [0, 0.05) is 31.7 Å². The molecule has 10 heteroatoms. The van der Waals surface area contributed by atoms with Crippen molar-refractivity contribution in [3.63, 3.8) is 0 Å². The highest BCUT2D eigenvalue weighted by Gasteiger charge is 2.31. The lowest BCUT2D eigenvalue weighted by molar-refractivity contribution is -0.274. The summed E-state index contributed by atoms with van der Waals surface area (Å²) in [4.78, 5) is 26.0. The van der Waals surface area contributed by atoms with Crippen LogP contribution in [-0.4, -0.2) is 49.3 Å². The van der Waals surface area contributed by atoms with E-state index in [4.69, 9.17) is 5.73 Å². The van der Waals surface area contributed by atoms with Crippen molar-refractivity contribution < 1.29 is 27.5 Å². The normalized spacial score (nSPS) is 17.2. The van der Waals surface area contributed by atoms with Gasteiger partial charge in [-0.15, -0.1) is 25.6 Å². The Bertz CT molecular complexity index is 611. The minimum atomic E-state index is -4.78. The summed E-state index contributed by atoms with van der Waals surface area (Å²) in [5.74, 6) is -1.16. The number of alkyl halides is 3. The summed E-state index contributed by atoms with van der Waals surface area (Å²) in [5.41, 5.74) is 5.60. The Hall–Kier alpha value is -2.00. The lowest BCUT2D eigenvalue weighted by Gasteiger charge is -2.32. The number of rotatable bonds is 5. The smallest absolute Gasteiger partial charge is 0.406 e. The first-order valence-corrected chi connectivity index (χ1v) is 7.93. The molecule has 1 unspecified atom stereocenters. The number of hydrogen-bond acceptors (Lipinski definition) is 4. The van der Waals surface area contributed by atoms with Crippen LogP contribution in [0.4, 0.5) is 13.2 Å². The molecule has 1 aromatic carbocycles. The van der Waals surface area contributed by atoms with Crippen LogP contribution in [0.2, 0.25) is 0 Å². The number of carbonyl (C=O) groups excluding carboxylic acids is 2. The highest BCUT2D eigenvalue weighted by atomic mass is 35.5. The maximum absolute atomic E-state index is 12.5. The zero-order chi connectivity index (χ0) is 18.4. The molecule has 0 bridgehead atoms. The summed E-state index contributed by atoms with van der Waals surface area (Å²) in [6.07, 6.45) is -3.41. The summed E-state index contributed by atoms with van der Waals surface area (Å²) in [6.45, 7) is 1.49. The van der Waals surface area contributed by atoms with E-state index in [-0.39, 0.29) is 48.0 Å². The number of ether oxygens (including phenoxy) is 1. The number of hydrogen-bond donors (Lipinski definition) is 2. The Balaban J connectivity index is 0.00000338. The van der Waals surface area contributed by atoms with Crippen LogP contribution in [0.5, 0.6) is 5.75 Å². The van der Waals surface area contributed by atoms with Gasteiger partial charge in [0.25, 0.3) is 5.91 Å². The van der Waals surface area contributed by atoms with Crippen LogP contribution in [0.25, 0.3) is 0 Å². The van der Waals surface area contributed by atoms with Crippen LogP contribution in [0.3, 0.4) is 0 Å². The quantitative estimate of drug-likeness (QED) is 0.798. The van der Waals surface area contributed by atoms with Crippen molar-refractivity contribution in [3.8, 4) is 5.75 Å². The number of nitrogens with one attached hydrogen (secondary N) is 1. The molecule has 1 saturated heterocycles. The summed E-state index contributed by atoms with van der Waals surface area (Å²) in [6, 6.07) is 4.75. The average molecular weight is 396 g/mol. The van der Waals surface area contributed by atoms with E-state index in [0.717, 1.165) is 12.1 Å². The molecule has 1 heterocycles. The summed E-state index contributed by atoms with van der Waals surface area (Å²) >= 11 is 0. The third-order valence-corrected chi connectivity index (χ3v) is 3.86. The second kappa shape index (κ2) is 9.63. The van der Waals surface area contributed by atoms with E-state index < -0.39 is 6.36 Å². The van der Waals surface area contributed by atoms with Gasteiger partial charge in [0.05, 0.1) is 5.92 Å². The van der Waals surface area contributed by atoms with Crippen molar-refractivity contribution in [2.45, 2.75) is 19.2 Å². The number of carbonyl (C=O) groups is 2. The first-order valence-electron chi connectivity index (χ1n) is 7.93. The van der Waals surface area contributed by atoms with Gasteiger partial charge in [-0.25, -0.2) is 0 Å². The topological polar surface area (TPSA) is 84.7 Å². The second-order valence-corrected chi connectivity index (χ2v) is 5.74. The fraction of sp³-hybridized carbons (Fsp3) is 0.500. The molecule has 1 aromatic rings. The van der Waals surface area contributed by atoms with Crippen LogP contribution < -0.4 is 15.8 Å². The number of piperidine rings is 1. The molecule has 0 aliphatic carbocycles. The van der Waals surface area contributed by atoms with Gasteiger partial charge in [-0.2, -0.15) is 0 Å². The van der Waals surface area contributed by atoms with Crippen molar-refractivity contribution in [2.75, 3.05) is 26.2 Å². The van der Waals surface area contributed by atoms with Crippen molar-refractivity contribution in [1.29, 1.82) is 0 Å². The number of amides is 2. The monoisotopic (exact) mass is 395 g/mol. The van der Waals surface area contributed by atoms with E-state index >= 15 is 0 Å². The molecule has 1 fully saturated rings. The standard InChI is InChI=1S/C16H20F3N3O3.ClH/c17-16(18,19)25-13-5-3-11(4-6-13)15(24)22-9-1-2-12(10-22)14(23)21-8-7-20;/h3-6,12H,1-2,7-10,20H2,(H,21,23);1H. The second-order valence-electron chi connectivity index (χ2n) is 5.74. The number of nitrogens with two attached hydrogens (primary N) is 1. The van der Waals surface area contributed by atoms with Gasteiger partial charge >= 0.3 is 6.36 Å². The molecule has 2 amide bonds. The minimum absolute atomic E-state index is 0. The summed E-state index contributed by atoms with van der Waals surface area (Å²) in [5, 5.41) is 2.71. The van der Waals surface area contributed by atoms with Crippen molar-refractivity contribution in [2.24, 2.45) is 11.7 Å². The van der Waals surface area contributed by atoms with E-state index in [2.05, 4.69) is 10.1 Å². The molecular weight excluding hydrogens is 375 g/mol. The molecule has 3 N–H and O–H groups in total. The van der Waals surface area contributed by atoms with E-state index in [1.165, 1.54) is 17.0 Å². The Morgan fingerprint density at radius 2 is 1.92 bits per heavy atom. The van der Waals surface area contributed by atoms with Crippen LogP contribution >= 0.6 is 12.4 Å². The first-order chi connectivity index (χ1) is 11.8. The first kappa shape index (κ1) is 22.0. The lowest BCUT2D eigenvalue weighted by Crippen LogP contribution is -2.46. The zero-order valence-electron chi connectivity index (χ0n) is 13.9. The van der Waals surface area contributed by atoms with Gasteiger partial charge in [0.1, 0.15) is 5.75 Å². The van der Waals surface area contributed by atoms with Crippen LogP contribution in [0.15, 0.2) is 24.3 Å². The maximum atomic E-state index is 12.5. The molecule has 146 valence electrons. The fourth-order valence-corrected chi connectivity index (χ4v) is 2.70. The number of nitrogens with zero attached hydrogens (tertiary/aromatic N) is 1. The molecule has 2 rings (SSSR count).